The number of piperazine rings is 1. The van der Waals surface area contributed by atoms with Crippen LogP contribution in [0.5, 0.6) is 0 Å². The summed E-state index contributed by atoms with van der Waals surface area (Å²) < 4.78 is 28.1. The van der Waals surface area contributed by atoms with Crippen molar-refractivity contribution < 1.29 is 8.42 Å². The van der Waals surface area contributed by atoms with Crippen LogP contribution in [0.4, 0.5) is 0 Å². The predicted octanol–water partition coefficient (Wildman–Crippen LogP) is 1.31. The Kier molecular flexibility index (Phi) is 5.04. The molecule has 0 aromatic heterocycles. The van der Waals surface area contributed by atoms with Gasteiger partial charge in [-0.05, 0) is 24.6 Å². The molecule has 1 aliphatic rings. The number of nitrogens with zero attached hydrogens (tertiary/aromatic N) is 2. The van der Waals surface area contributed by atoms with Crippen molar-refractivity contribution in [3.05, 3.63) is 34.9 Å². The van der Waals surface area contributed by atoms with Crippen molar-refractivity contribution in [2.24, 2.45) is 0 Å². The minimum atomic E-state index is -3.43. The number of rotatable bonds is 4. The van der Waals surface area contributed by atoms with Gasteiger partial charge in [-0.3, -0.25) is 0 Å². The van der Waals surface area contributed by atoms with Gasteiger partial charge in [-0.15, -0.1) is 0 Å². The Balaban J connectivity index is 2.10. The fourth-order valence-corrected chi connectivity index (χ4v) is 3.92. The highest BCUT2D eigenvalue weighted by molar-refractivity contribution is 7.86. The summed E-state index contributed by atoms with van der Waals surface area (Å²) in [6.45, 7) is 4.15. The summed E-state index contributed by atoms with van der Waals surface area (Å²) >= 11 is 5.83. The summed E-state index contributed by atoms with van der Waals surface area (Å²) in [4.78, 5) is 0. The average Bonchev–Trinajstić information content (AvgIpc) is 2.41. The van der Waals surface area contributed by atoms with Crippen LogP contribution < -0.4 is 5.32 Å². The van der Waals surface area contributed by atoms with Gasteiger partial charge in [-0.2, -0.15) is 17.0 Å². The van der Waals surface area contributed by atoms with Gasteiger partial charge in [0.2, 0.25) is 0 Å². The van der Waals surface area contributed by atoms with E-state index in [4.69, 9.17) is 11.6 Å². The third kappa shape index (κ3) is 3.51. The summed E-state index contributed by atoms with van der Waals surface area (Å²) in [5.41, 5.74) is 0.920. The molecule has 0 saturated carbocycles. The Labute approximate surface area is 125 Å². The van der Waals surface area contributed by atoms with Gasteiger partial charge in [0.25, 0.3) is 10.2 Å². The van der Waals surface area contributed by atoms with Crippen LogP contribution >= 0.6 is 11.6 Å². The Bertz CT molecular complexity index is 547. The Morgan fingerprint density at radius 3 is 2.65 bits per heavy atom. The van der Waals surface area contributed by atoms with Crippen molar-refractivity contribution in [2.75, 3.05) is 26.7 Å². The van der Waals surface area contributed by atoms with Crippen LogP contribution in [0, 0.1) is 0 Å². The molecule has 1 aromatic carbocycles. The van der Waals surface area contributed by atoms with E-state index >= 15 is 0 Å². The van der Waals surface area contributed by atoms with Crippen LogP contribution in [0.25, 0.3) is 0 Å². The smallest absolute Gasteiger partial charge is 0.282 e. The second-order valence-electron chi connectivity index (χ2n) is 5.05. The first-order chi connectivity index (χ1) is 9.41. The average molecular weight is 318 g/mol. The van der Waals surface area contributed by atoms with Crippen LogP contribution in [0.2, 0.25) is 5.02 Å². The first kappa shape index (κ1) is 15.7. The van der Waals surface area contributed by atoms with Crippen molar-refractivity contribution in [2.45, 2.75) is 19.5 Å². The van der Waals surface area contributed by atoms with Crippen molar-refractivity contribution >= 4 is 21.8 Å². The fourth-order valence-electron chi connectivity index (χ4n) is 2.27. The third-order valence-corrected chi connectivity index (χ3v) is 5.75. The molecule has 7 heteroatoms. The topological polar surface area (TPSA) is 52.7 Å². The second kappa shape index (κ2) is 6.41. The number of halogens is 1. The summed E-state index contributed by atoms with van der Waals surface area (Å²) in [5.74, 6) is 0. The van der Waals surface area contributed by atoms with Crippen LogP contribution in [-0.4, -0.2) is 49.8 Å². The summed E-state index contributed by atoms with van der Waals surface area (Å²) in [6.07, 6.45) is 0. The van der Waals surface area contributed by atoms with Crippen molar-refractivity contribution in [1.82, 2.24) is 13.9 Å². The lowest BCUT2D eigenvalue weighted by Crippen LogP contribution is -2.55. The van der Waals surface area contributed by atoms with E-state index in [9.17, 15) is 8.42 Å². The molecule has 1 saturated heterocycles. The van der Waals surface area contributed by atoms with Gasteiger partial charge >= 0.3 is 0 Å². The molecular weight excluding hydrogens is 298 g/mol. The van der Waals surface area contributed by atoms with E-state index in [1.165, 1.54) is 4.31 Å². The molecule has 20 heavy (non-hydrogen) atoms. The van der Waals surface area contributed by atoms with Gasteiger partial charge in [-0.25, -0.2) is 0 Å². The van der Waals surface area contributed by atoms with E-state index in [0.717, 1.165) is 5.56 Å². The monoisotopic (exact) mass is 317 g/mol. The largest absolute Gasteiger partial charge is 0.314 e. The summed E-state index contributed by atoms with van der Waals surface area (Å²) in [6, 6.07) is 7.20. The normalized spacial score (nSPS) is 21.3. The minimum absolute atomic E-state index is 0.0265. The third-order valence-electron chi connectivity index (χ3n) is 3.45. The van der Waals surface area contributed by atoms with Gasteiger partial charge in [0.15, 0.2) is 0 Å². The first-order valence-corrected chi connectivity index (χ1v) is 8.37. The maximum absolute atomic E-state index is 12.6. The van der Waals surface area contributed by atoms with Crippen LogP contribution in [-0.2, 0) is 16.8 Å². The standard InChI is InChI=1S/C13H20ClN3O2S/c1-11-9-15-7-8-17(11)20(18,19)16(2)10-12-3-5-13(14)6-4-12/h3-6,11,15H,7-10H2,1-2H3/t11-/m0/s1. The zero-order valence-electron chi connectivity index (χ0n) is 11.7. The van der Waals surface area contributed by atoms with Crippen LogP contribution in [0.1, 0.15) is 12.5 Å². The molecule has 2 rings (SSSR count). The molecular formula is C13H20ClN3O2S. The van der Waals surface area contributed by atoms with E-state index in [0.29, 0.717) is 31.2 Å². The summed E-state index contributed by atoms with van der Waals surface area (Å²) in [5, 5.41) is 3.84. The zero-order valence-corrected chi connectivity index (χ0v) is 13.3. The van der Waals surface area contributed by atoms with E-state index in [1.807, 2.05) is 19.1 Å². The molecule has 0 amide bonds. The number of nitrogens with one attached hydrogen (secondary N) is 1. The highest BCUT2D eigenvalue weighted by Gasteiger charge is 2.32. The predicted molar refractivity (Wildman–Crippen MR) is 80.9 cm³/mol. The van der Waals surface area contributed by atoms with Gasteiger partial charge in [0.1, 0.15) is 0 Å². The first-order valence-electron chi connectivity index (χ1n) is 6.59. The van der Waals surface area contributed by atoms with Gasteiger partial charge in [0.05, 0.1) is 0 Å². The Morgan fingerprint density at radius 2 is 2.05 bits per heavy atom. The molecule has 0 spiro atoms. The quantitative estimate of drug-likeness (QED) is 0.911. The molecule has 1 aliphatic heterocycles. The van der Waals surface area contributed by atoms with E-state index in [2.05, 4.69) is 5.32 Å². The fraction of sp³-hybridized carbons (Fsp3) is 0.538. The highest BCUT2D eigenvalue weighted by Crippen LogP contribution is 2.17. The zero-order chi connectivity index (χ0) is 14.8. The van der Waals surface area contributed by atoms with Crippen molar-refractivity contribution in [3.63, 3.8) is 0 Å². The maximum atomic E-state index is 12.6. The lowest BCUT2D eigenvalue weighted by molar-refractivity contribution is 0.262. The number of benzene rings is 1. The SMILES string of the molecule is C[C@H]1CNCCN1S(=O)(=O)N(C)Cc1ccc(Cl)cc1. The van der Waals surface area contributed by atoms with Crippen molar-refractivity contribution in [1.29, 1.82) is 0 Å². The molecule has 1 atom stereocenters. The van der Waals surface area contributed by atoms with E-state index in [1.54, 1.807) is 23.5 Å². The van der Waals surface area contributed by atoms with Crippen molar-refractivity contribution in [3.8, 4) is 0 Å². The number of hydrogen-bond acceptors (Lipinski definition) is 3. The lowest BCUT2D eigenvalue weighted by Gasteiger charge is -2.35. The molecule has 112 valence electrons. The van der Waals surface area contributed by atoms with Crippen LogP contribution in [0.3, 0.4) is 0 Å². The second-order valence-corrected chi connectivity index (χ2v) is 7.48. The molecule has 0 unspecified atom stereocenters. The Morgan fingerprint density at radius 1 is 1.40 bits per heavy atom. The summed E-state index contributed by atoms with van der Waals surface area (Å²) in [7, 11) is -1.82. The molecule has 1 N–H and O–H groups in total. The molecule has 1 heterocycles. The molecule has 0 radical (unpaired) electrons. The van der Waals surface area contributed by atoms with E-state index < -0.39 is 10.2 Å². The Hall–Kier alpha value is -0.660. The maximum Gasteiger partial charge on any atom is 0.282 e. The lowest BCUT2D eigenvalue weighted by atomic mass is 10.2. The minimum Gasteiger partial charge on any atom is -0.314 e. The highest BCUT2D eigenvalue weighted by atomic mass is 35.5. The molecule has 0 aliphatic carbocycles. The molecule has 0 bridgehead atoms. The van der Waals surface area contributed by atoms with Gasteiger partial charge in [0, 0.05) is 44.3 Å². The van der Waals surface area contributed by atoms with Crippen LogP contribution in [0.15, 0.2) is 24.3 Å². The molecule has 5 nitrogen and oxygen atoms in total. The molecule has 1 fully saturated rings. The molecule has 1 aromatic rings. The van der Waals surface area contributed by atoms with Gasteiger partial charge in [-0.1, -0.05) is 23.7 Å². The van der Waals surface area contributed by atoms with Gasteiger partial charge < -0.3 is 5.32 Å². The number of hydrogen-bond donors (Lipinski definition) is 1. The van der Waals surface area contributed by atoms with E-state index in [-0.39, 0.29) is 6.04 Å².